The zero-order valence-electron chi connectivity index (χ0n) is 19.9. The van der Waals surface area contributed by atoms with Crippen molar-refractivity contribution in [1.82, 2.24) is 15.7 Å². The van der Waals surface area contributed by atoms with Crippen molar-refractivity contribution in [3.05, 3.63) is 54.1 Å². The van der Waals surface area contributed by atoms with E-state index in [2.05, 4.69) is 15.4 Å². The summed E-state index contributed by atoms with van der Waals surface area (Å²) < 4.78 is 25.4. The molecule has 0 aliphatic rings. The molecule has 0 fully saturated rings. The summed E-state index contributed by atoms with van der Waals surface area (Å²) in [7, 11) is -3.42. The third-order valence-electron chi connectivity index (χ3n) is 5.19. The van der Waals surface area contributed by atoms with Crippen LogP contribution in [0.3, 0.4) is 0 Å². The number of benzene rings is 2. The number of carbonyl (C=O) groups is 3. The van der Waals surface area contributed by atoms with E-state index < -0.39 is 21.8 Å². The van der Waals surface area contributed by atoms with E-state index >= 15 is 0 Å². The van der Waals surface area contributed by atoms with Crippen LogP contribution in [0, 0.1) is 5.92 Å². The second kappa shape index (κ2) is 13.4. The van der Waals surface area contributed by atoms with E-state index in [0.717, 1.165) is 31.1 Å². The van der Waals surface area contributed by atoms with Gasteiger partial charge >= 0.3 is 0 Å². The van der Waals surface area contributed by atoms with Crippen molar-refractivity contribution in [3.63, 3.8) is 0 Å². The average Bonchev–Trinajstić information content (AvgIpc) is 2.82. The number of anilines is 1. The van der Waals surface area contributed by atoms with Gasteiger partial charge in [-0.05, 0) is 41.8 Å². The van der Waals surface area contributed by atoms with E-state index in [4.69, 9.17) is 0 Å². The van der Waals surface area contributed by atoms with Gasteiger partial charge < -0.3 is 10.6 Å². The molecule has 0 saturated carbocycles. The van der Waals surface area contributed by atoms with E-state index in [1.54, 1.807) is 48.5 Å². The highest BCUT2D eigenvalue weighted by Gasteiger charge is 2.20. The van der Waals surface area contributed by atoms with Crippen LogP contribution in [0.15, 0.2) is 48.5 Å². The molecule has 11 heteroatoms. The molecule has 0 aliphatic carbocycles. The Morgan fingerprint density at radius 1 is 1.06 bits per heavy atom. The molecule has 35 heavy (non-hydrogen) atoms. The fraction of sp³-hybridized carbons (Fsp3) is 0.375. The molecule has 0 unspecified atom stereocenters. The molecule has 2 rings (SSSR count). The van der Waals surface area contributed by atoms with Gasteiger partial charge in [-0.3, -0.25) is 24.3 Å². The molecule has 2 aromatic rings. The third-order valence-corrected chi connectivity index (χ3v) is 5.80. The molecule has 0 saturated heterocycles. The Kier molecular flexibility index (Phi) is 10.7. The predicted molar refractivity (Wildman–Crippen MR) is 133 cm³/mol. The van der Waals surface area contributed by atoms with Gasteiger partial charge in [0.25, 0.3) is 5.91 Å². The molecule has 190 valence electrons. The number of sulfonamides is 1. The Morgan fingerprint density at radius 2 is 1.74 bits per heavy atom. The summed E-state index contributed by atoms with van der Waals surface area (Å²) in [4.78, 5) is 35.9. The first-order chi connectivity index (χ1) is 16.6. The summed E-state index contributed by atoms with van der Waals surface area (Å²) in [6.45, 7) is 1.79. The minimum Gasteiger partial charge on any atom is -0.338 e. The zero-order valence-corrected chi connectivity index (χ0v) is 20.7. The summed E-state index contributed by atoms with van der Waals surface area (Å²) in [5.41, 5.74) is 2.21. The first-order valence-electron chi connectivity index (χ1n) is 11.3. The van der Waals surface area contributed by atoms with Gasteiger partial charge in [0.05, 0.1) is 25.4 Å². The standard InChI is InChI=1S/C24H32N4O6S/c1-3-4-5-8-21(15-28(32)17-29)24(31)26-16-25-23(30)20-11-6-9-18(13-20)19-10-7-12-22(14-19)27-35(2,33)34/h6-7,9-14,17,21,27,32H,3-5,8,15-16H2,1-2H3,(H,25,30)(H,26,31)/t21-/m1/s1. The summed E-state index contributed by atoms with van der Waals surface area (Å²) in [5, 5.41) is 15.2. The lowest BCUT2D eigenvalue weighted by Crippen LogP contribution is -2.43. The van der Waals surface area contributed by atoms with E-state index in [1.807, 2.05) is 6.92 Å². The molecule has 0 bridgehead atoms. The van der Waals surface area contributed by atoms with Gasteiger partial charge in [0.15, 0.2) is 0 Å². The number of hydrogen-bond donors (Lipinski definition) is 4. The SMILES string of the molecule is CCCCC[C@H](CN(O)C=O)C(=O)NCNC(=O)c1cccc(-c2cccc(NS(C)(=O)=O)c2)c1. The molecule has 0 spiro atoms. The van der Waals surface area contributed by atoms with E-state index in [-0.39, 0.29) is 25.5 Å². The smallest absolute Gasteiger partial charge is 0.252 e. The van der Waals surface area contributed by atoms with Crippen LogP contribution in [0.1, 0.15) is 43.0 Å². The highest BCUT2D eigenvalue weighted by molar-refractivity contribution is 7.92. The van der Waals surface area contributed by atoms with Crippen LogP contribution in [-0.4, -0.2) is 56.4 Å². The maximum Gasteiger partial charge on any atom is 0.252 e. The minimum absolute atomic E-state index is 0.119. The monoisotopic (exact) mass is 504 g/mol. The van der Waals surface area contributed by atoms with Gasteiger partial charge in [-0.15, -0.1) is 0 Å². The lowest BCUT2D eigenvalue weighted by molar-refractivity contribution is -0.154. The first kappa shape index (κ1) is 27.8. The highest BCUT2D eigenvalue weighted by Crippen LogP contribution is 2.24. The average molecular weight is 505 g/mol. The number of hydroxylamine groups is 2. The molecule has 1 atom stereocenters. The summed E-state index contributed by atoms with van der Waals surface area (Å²) in [5.74, 6) is -1.37. The normalized spacial score (nSPS) is 11.9. The van der Waals surface area contributed by atoms with Crippen molar-refractivity contribution < 1.29 is 28.0 Å². The number of rotatable bonds is 14. The molecule has 2 aromatic carbocycles. The van der Waals surface area contributed by atoms with Crippen LogP contribution in [0.2, 0.25) is 0 Å². The Morgan fingerprint density at radius 3 is 2.40 bits per heavy atom. The van der Waals surface area contributed by atoms with Gasteiger partial charge in [0, 0.05) is 11.3 Å². The van der Waals surface area contributed by atoms with Crippen LogP contribution in [0.25, 0.3) is 11.1 Å². The number of hydrogen-bond acceptors (Lipinski definition) is 6. The van der Waals surface area contributed by atoms with Crippen LogP contribution in [0.4, 0.5) is 5.69 Å². The van der Waals surface area contributed by atoms with Crippen molar-refractivity contribution in [1.29, 1.82) is 0 Å². The van der Waals surface area contributed by atoms with E-state index in [1.165, 1.54) is 0 Å². The zero-order chi connectivity index (χ0) is 25.8. The lowest BCUT2D eigenvalue weighted by atomic mass is 10.0. The Labute approximate surface area is 205 Å². The fourth-order valence-corrected chi connectivity index (χ4v) is 4.04. The van der Waals surface area contributed by atoms with Crippen molar-refractivity contribution >= 4 is 33.9 Å². The second-order valence-corrected chi connectivity index (χ2v) is 9.93. The number of carbonyl (C=O) groups excluding carboxylic acids is 3. The molecular weight excluding hydrogens is 472 g/mol. The van der Waals surface area contributed by atoms with Crippen LogP contribution < -0.4 is 15.4 Å². The number of amides is 3. The van der Waals surface area contributed by atoms with E-state index in [0.29, 0.717) is 28.3 Å². The van der Waals surface area contributed by atoms with Crippen molar-refractivity contribution in [2.75, 3.05) is 24.2 Å². The van der Waals surface area contributed by atoms with Crippen molar-refractivity contribution in [3.8, 4) is 11.1 Å². The second-order valence-electron chi connectivity index (χ2n) is 8.18. The Balaban J connectivity index is 2.00. The van der Waals surface area contributed by atoms with Crippen molar-refractivity contribution in [2.45, 2.75) is 32.6 Å². The molecule has 0 aromatic heterocycles. The van der Waals surface area contributed by atoms with Gasteiger partial charge in [-0.1, -0.05) is 50.5 Å². The number of nitrogens with zero attached hydrogens (tertiary/aromatic N) is 1. The molecule has 0 radical (unpaired) electrons. The van der Waals surface area contributed by atoms with Gasteiger partial charge in [0.1, 0.15) is 0 Å². The van der Waals surface area contributed by atoms with E-state index in [9.17, 15) is 28.0 Å². The number of nitrogens with one attached hydrogen (secondary N) is 3. The molecule has 0 aliphatic heterocycles. The number of unbranched alkanes of at least 4 members (excludes halogenated alkanes) is 2. The molecule has 10 nitrogen and oxygen atoms in total. The molecule has 3 amide bonds. The molecular formula is C24H32N4O6S. The summed E-state index contributed by atoms with van der Waals surface area (Å²) in [6, 6.07) is 13.6. The Bertz CT molecular complexity index is 1120. The molecule has 4 N–H and O–H groups in total. The first-order valence-corrected chi connectivity index (χ1v) is 13.2. The fourth-order valence-electron chi connectivity index (χ4n) is 3.49. The largest absolute Gasteiger partial charge is 0.338 e. The van der Waals surface area contributed by atoms with Gasteiger partial charge in [0.2, 0.25) is 22.3 Å². The van der Waals surface area contributed by atoms with Crippen molar-refractivity contribution in [2.24, 2.45) is 5.92 Å². The maximum absolute atomic E-state index is 12.6. The Hall–Kier alpha value is -3.44. The minimum atomic E-state index is -3.42. The molecule has 0 heterocycles. The third kappa shape index (κ3) is 9.75. The van der Waals surface area contributed by atoms with Crippen LogP contribution in [0.5, 0.6) is 0 Å². The highest BCUT2D eigenvalue weighted by atomic mass is 32.2. The van der Waals surface area contributed by atoms with Crippen LogP contribution >= 0.6 is 0 Å². The van der Waals surface area contributed by atoms with Crippen LogP contribution in [-0.2, 0) is 19.6 Å². The topological polar surface area (TPSA) is 145 Å². The predicted octanol–water partition coefficient (Wildman–Crippen LogP) is 2.57. The van der Waals surface area contributed by atoms with Gasteiger partial charge in [-0.2, -0.15) is 0 Å². The van der Waals surface area contributed by atoms with Gasteiger partial charge in [-0.25, -0.2) is 13.5 Å². The quantitative estimate of drug-likeness (QED) is 0.102. The summed E-state index contributed by atoms with van der Waals surface area (Å²) >= 11 is 0. The lowest BCUT2D eigenvalue weighted by Gasteiger charge is -2.19. The maximum atomic E-state index is 12.6. The summed E-state index contributed by atoms with van der Waals surface area (Å²) in [6.07, 6.45) is 4.50.